The minimum Gasteiger partial charge on any atom is -0.465 e. The van der Waals surface area contributed by atoms with Crippen molar-refractivity contribution in [1.82, 2.24) is 5.32 Å². The van der Waals surface area contributed by atoms with Crippen molar-refractivity contribution in [3.63, 3.8) is 0 Å². The van der Waals surface area contributed by atoms with E-state index in [1.807, 2.05) is 30.3 Å². The lowest BCUT2D eigenvalue weighted by Crippen LogP contribution is -2.35. The molecule has 0 unspecified atom stereocenters. The summed E-state index contributed by atoms with van der Waals surface area (Å²) in [7, 11) is 1.31. The van der Waals surface area contributed by atoms with E-state index in [4.69, 9.17) is 4.74 Å². The van der Waals surface area contributed by atoms with Gasteiger partial charge in [0.25, 0.3) is 5.91 Å². The molecule has 1 atom stereocenters. The molecule has 6 nitrogen and oxygen atoms in total. The van der Waals surface area contributed by atoms with Crippen LogP contribution in [0.1, 0.15) is 28.4 Å². The number of hydrogen-bond donors (Lipinski definition) is 1. The fourth-order valence-electron chi connectivity index (χ4n) is 2.21. The number of rotatable bonds is 7. The molecule has 0 aliphatic rings. The molecule has 140 valence electrons. The zero-order valence-corrected chi connectivity index (χ0v) is 15.2. The third-order valence-corrected chi connectivity index (χ3v) is 3.72. The Morgan fingerprint density at radius 2 is 1.70 bits per heavy atom. The molecular weight excluding hydrogens is 346 g/mol. The first kappa shape index (κ1) is 19.9. The molecule has 0 heterocycles. The molecule has 2 aromatic carbocycles. The van der Waals surface area contributed by atoms with Crippen molar-refractivity contribution >= 4 is 23.9 Å². The largest absolute Gasteiger partial charge is 0.465 e. The predicted octanol–water partition coefficient (Wildman–Crippen LogP) is 2.73. The fraction of sp³-hybridized carbons (Fsp3) is 0.190. The van der Waals surface area contributed by atoms with Crippen LogP contribution < -0.4 is 5.32 Å². The lowest BCUT2D eigenvalue weighted by Gasteiger charge is -2.12. The van der Waals surface area contributed by atoms with Gasteiger partial charge in [-0.25, -0.2) is 9.59 Å². The van der Waals surface area contributed by atoms with E-state index in [1.165, 1.54) is 26.2 Å². The molecule has 1 N–H and O–H groups in total. The van der Waals surface area contributed by atoms with Gasteiger partial charge in [-0.1, -0.05) is 42.5 Å². The minimum absolute atomic E-state index is 0.365. The Morgan fingerprint density at radius 3 is 2.33 bits per heavy atom. The van der Waals surface area contributed by atoms with Crippen LogP contribution in [0.4, 0.5) is 0 Å². The van der Waals surface area contributed by atoms with Crippen LogP contribution in [0.25, 0.3) is 6.08 Å². The maximum Gasteiger partial charge on any atom is 0.337 e. The fourth-order valence-corrected chi connectivity index (χ4v) is 2.21. The average molecular weight is 367 g/mol. The number of nitrogens with one attached hydrogen (secondary N) is 1. The van der Waals surface area contributed by atoms with E-state index in [0.717, 1.165) is 5.56 Å². The Labute approximate surface area is 157 Å². The third kappa shape index (κ3) is 6.43. The van der Waals surface area contributed by atoms with Gasteiger partial charge in [-0.05, 0) is 36.3 Å². The second kappa shape index (κ2) is 9.91. The van der Waals surface area contributed by atoms with Crippen LogP contribution in [0.3, 0.4) is 0 Å². The maximum atomic E-state index is 12.0. The van der Waals surface area contributed by atoms with Crippen LogP contribution >= 0.6 is 0 Å². The first-order chi connectivity index (χ1) is 13.0. The van der Waals surface area contributed by atoms with Gasteiger partial charge in [-0.15, -0.1) is 0 Å². The molecular formula is C21H21NO5. The summed E-state index contributed by atoms with van der Waals surface area (Å²) in [5, 5.41) is 2.72. The van der Waals surface area contributed by atoms with E-state index in [0.29, 0.717) is 17.7 Å². The van der Waals surface area contributed by atoms with Gasteiger partial charge < -0.3 is 14.8 Å². The van der Waals surface area contributed by atoms with Crippen molar-refractivity contribution in [2.75, 3.05) is 7.11 Å². The summed E-state index contributed by atoms with van der Waals surface area (Å²) < 4.78 is 9.71. The van der Waals surface area contributed by atoms with Crippen LogP contribution in [-0.4, -0.2) is 31.1 Å². The minimum atomic E-state index is -0.910. The molecule has 0 aliphatic heterocycles. The van der Waals surface area contributed by atoms with Crippen molar-refractivity contribution in [2.45, 2.75) is 19.6 Å². The first-order valence-corrected chi connectivity index (χ1v) is 8.38. The number of hydrogen-bond acceptors (Lipinski definition) is 5. The van der Waals surface area contributed by atoms with Crippen LogP contribution in [0.15, 0.2) is 60.7 Å². The summed E-state index contributed by atoms with van der Waals surface area (Å²) in [5.41, 5.74) is 2.08. The number of carbonyl (C=O) groups is 3. The van der Waals surface area contributed by atoms with Crippen molar-refractivity contribution in [3.8, 4) is 0 Å². The Bertz CT molecular complexity index is 812. The zero-order chi connectivity index (χ0) is 19.6. The molecule has 0 aromatic heterocycles. The van der Waals surface area contributed by atoms with Gasteiger partial charge in [-0.2, -0.15) is 0 Å². The number of carbonyl (C=O) groups excluding carboxylic acids is 3. The van der Waals surface area contributed by atoms with E-state index in [1.54, 1.807) is 24.3 Å². The SMILES string of the molecule is COC(=O)c1ccc(/C=C/C(=O)O[C@@H](C)C(=O)NCc2ccccc2)cc1. The summed E-state index contributed by atoms with van der Waals surface area (Å²) >= 11 is 0. The normalized spacial score (nSPS) is 11.6. The van der Waals surface area contributed by atoms with E-state index >= 15 is 0 Å². The third-order valence-electron chi connectivity index (χ3n) is 3.72. The monoisotopic (exact) mass is 367 g/mol. The van der Waals surface area contributed by atoms with E-state index in [2.05, 4.69) is 10.1 Å². The lowest BCUT2D eigenvalue weighted by atomic mass is 10.1. The molecule has 1 amide bonds. The van der Waals surface area contributed by atoms with Gasteiger partial charge in [0, 0.05) is 12.6 Å². The second-order valence-electron chi connectivity index (χ2n) is 5.73. The molecule has 0 saturated carbocycles. The standard InChI is InChI=1S/C21H21NO5/c1-15(20(24)22-14-17-6-4-3-5-7-17)27-19(23)13-10-16-8-11-18(12-9-16)21(25)26-2/h3-13,15H,14H2,1-2H3,(H,22,24)/b13-10+/t15-/m0/s1. The molecule has 2 rings (SSSR count). The lowest BCUT2D eigenvalue weighted by molar-refractivity contribution is -0.150. The van der Waals surface area contributed by atoms with Crippen LogP contribution in [-0.2, 0) is 25.6 Å². The van der Waals surface area contributed by atoms with Crippen molar-refractivity contribution < 1.29 is 23.9 Å². The highest BCUT2D eigenvalue weighted by molar-refractivity contribution is 5.91. The zero-order valence-electron chi connectivity index (χ0n) is 15.2. The molecule has 6 heteroatoms. The molecule has 0 saturated heterocycles. The van der Waals surface area contributed by atoms with Crippen LogP contribution in [0, 0.1) is 0 Å². The van der Waals surface area contributed by atoms with Gasteiger partial charge in [0.1, 0.15) is 0 Å². The second-order valence-corrected chi connectivity index (χ2v) is 5.73. The topological polar surface area (TPSA) is 81.7 Å². The van der Waals surface area contributed by atoms with E-state index in [-0.39, 0.29) is 5.91 Å². The molecule has 0 bridgehead atoms. The number of esters is 2. The van der Waals surface area contributed by atoms with Gasteiger partial charge in [-0.3, -0.25) is 4.79 Å². The van der Waals surface area contributed by atoms with Gasteiger partial charge in [0.15, 0.2) is 6.10 Å². The summed E-state index contributed by atoms with van der Waals surface area (Å²) in [5.74, 6) is -1.43. The van der Waals surface area contributed by atoms with Crippen LogP contribution in [0.5, 0.6) is 0 Å². The Morgan fingerprint density at radius 1 is 1.04 bits per heavy atom. The Balaban J connectivity index is 1.82. The van der Waals surface area contributed by atoms with Crippen molar-refractivity contribution in [1.29, 1.82) is 0 Å². The quantitative estimate of drug-likeness (QED) is 0.601. The van der Waals surface area contributed by atoms with Crippen molar-refractivity contribution in [2.24, 2.45) is 0 Å². The highest BCUT2D eigenvalue weighted by atomic mass is 16.5. The number of ether oxygens (including phenoxy) is 2. The molecule has 0 fully saturated rings. The van der Waals surface area contributed by atoms with Gasteiger partial charge in [0.05, 0.1) is 12.7 Å². The van der Waals surface area contributed by atoms with Crippen molar-refractivity contribution in [3.05, 3.63) is 77.4 Å². The molecule has 0 aliphatic carbocycles. The van der Waals surface area contributed by atoms with Gasteiger partial charge in [0.2, 0.25) is 0 Å². The maximum absolute atomic E-state index is 12.0. The molecule has 2 aromatic rings. The average Bonchev–Trinajstić information content (AvgIpc) is 2.71. The smallest absolute Gasteiger partial charge is 0.337 e. The highest BCUT2D eigenvalue weighted by Gasteiger charge is 2.16. The number of benzene rings is 2. The molecule has 27 heavy (non-hydrogen) atoms. The first-order valence-electron chi connectivity index (χ1n) is 8.38. The van der Waals surface area contributed by atoms with Gasteiger partial charge >= 0.3 is 11.9 Å². The summed E-state index contributed by atoms with van der Waals surface area (Å²) in [6, 6.07) is 16.0. The number of amides is 1. The van der Waals surface area contributed by atoms with E-state index < -0.39 is 18.0 Å². The predicted molar refractivity (Wildman–Crippen MR) is 101 cm³/mol. The molecule has 0 spiro atoms. The molecule has 0 radical (unpaired) electrons. The Hall–Kier alpha value is -3.41. The van der Waals surface area contributed by atoms with E-state index in [9.17, 15) is 14.4 Å². The summed E-state index contributed by atoms with van der Waals surface area (Å²) in [4.78, 5) is 35.2. The van der Waals surface area contributed by atoms with Crippen LogP contribution in [0.2, 0.25) is 0 Å². The number of methoxy groups -OCH3 is 1. The summed E-state index contributed by atoms with van der Waals surface area (Å²) in [6.07, 6.45) is 1.86. The summed E-state index contributed by atoms with van der Waals surface area (Å²) in [6.45, 7) is 1.88. The highest BCUT2D eigenvalue weighted by Crippen LogP contribution is 2.08. The Kier molecular flexibility index (Phi) is 7.31.